The summed E-state index contributed by atoms with van der Waals surface area (Å²) >= 11 is 27.2. The van der Waals surface area contributed by atoms with Gasteiger partial charge in [0, 0.05) is 5.02 Å². The smallest absolute Gasteiger partial charge is 0.270 e. The van der Waals surface area contributed by atoms with Crippen LogP contribution in [-0.2, 0) is 22.6 Å². The Morgan fingerprint density at radius 1 is 1.08 bits per heavy atom. The molecule has 4 rings (SSSR count). The third-order valence-corrected chi connectivity index (χ3v) is 7.32. The summed E-state index contributed by atoms with van der Waals surface area (Å²) in [6.07, 6.45) is 3.74. The molecule has 1 fully saturated rings. The van der Waals surface area contributed by atoms with Gasteiger partial charge in [0.05, 0.1) is 20.2 Å². The number of allylic oxidation sites excluding steroid dienone is 1. The normalized spacial score (nSPS) is 14.6. The molecule has 3 aromatic carbocycles. The van der Waals surface area contributed by atoms with E-state index in [0.29, 0.717) is 33.8 Å². The van der Waals surface area contributed by atoms with Crippen LogP contribution < -0.4 is 15.0 Å². The van der Waals surface area contributed by atoms with Crippen molar-refractivity contribution in [3.8, 4) is 5.75 Å². The summed E-state index contributed by atoms with van der Waals surface area (Å²) in [5, 5.41) is 3.51. The summed E-state index contributed by atoms with van der Waals surface area (Å²) in [5.74, 6) is -0.610. The first-order valence-electron chi connectivity index (χ1n) is 10.9. The van der Waals surface area contributed by atoms with Crippen LogP contribution in [0.15, 0.2) is 77.3 Å². The lowest BCUT2D eigenvalue weighted by molar-refractivity contribution is -0.122. The first-order valence-corrected chi connectivity index (χ1v) is 13.2. The Kier molecular flexibility index (Phi) is 8.72. The van der Waals surface area contributed by atoms with Crippen molar-refractivity contribution in [3.63, 3.8) is 0 Å². The number of hydrogen-bond donors (Lipinski definition) is 1. The van der Waals surface area contributed by atoms with E-state index in [9.17, 15) is 9.59 Å². The summed E-state index contributed by atoms with van der Waals surface area (Å²) in [6, 6.07) is 15.8. The van der Waals surface area contributed by atoms with Crippen molar-refractivity contribution in [1.29, 1.82) is 0 Å². The lowest BCUT2D eigenvalue weighted by atomic mass is 10.0. The minimum atomic E-state index is -0.623. The van der Waals surface area contributed by atoms with Crippen LogP contribution in [-0.4, -0.2) is 16.9 Å². The van der Waals surface area contributed by atoms with E-state index in [0.717, 1.165) is 16.0 Å². The number of nitrogens with one attached hydrogen (secondary N) is 1. The number of carbonyl (C=O) groups is 2. The molecule has 0 aromatic heterocycles. The highest BCUT2D eigenvalue weighted by molar-refractivity contribution is 9.10. The number of rotatable bonds is 7. The lowest BCUT2D eigenvalue weighted by Crippen LogP contribution is -2.54. The molecule has 0 unspecified atom stereocenters. The maximum absolute atomic E-state index is 13.4. The maximum atomic E-state index is 13.4. The zero-order chi connectivity index (χ0) is 26.7. The SMILES string of the molecule is C=CCc1cc(/C=C2\C(=O)NC(=S)N(c3cccc(Cl)c3Cl)C2=O)cc(Br)c1OCc1ccc(Cl)cc1. The molecule has 3 aromatic rings. The van der Waals surface area contributed by atoms with Gasteiger partial charge in [0.15, 0.2) is 5.11 Å². The Morgan fingerprint density at radius 3 is 2.51 bits per heavy atom. The van der Waals surface area contributed by atoms with Crippen molar-refractivity contribution >= 4 is 91.6 Å². The van der Waals surface area contributed by atoms with E-state index in [-0.39, 0.29) is 26.4 Å². The Balaban J connectivity index is 1.68. The number of amides is 2. The molecular formula is C27H18BrCl3N2O3S. The third-order valence-electron chi connectivity index (χ3n) is 5.39. The van der Waals surface area contributed by atoms with E-state index >= 15 is 0 Å². The van der Waals surface area contributed by atoms with Crippen molar-refractivity contribution in [2.75, 3.05) is 4.90 Å². The summed E-state index contributed by atoms with van der Waals surface area (Å²) in [5.41, 5.74) is 2.53. The molecule has 5 nitrogen and oxygen atoms in total. The Morgan fingerprint density at radius 2 is 1.81 bits per heavy atom. The van der Waals surface area contributed by atoms with Gasteiger partial charge in [0.1, 0.15) is 17.9 Å². The number of hydrogen-bond acceptors (Lipinski definition) is 4. The molecule has 1 aliphatic rings. The Labute approximate surface area is 242 Å². The summed E-state index contributed by atoms with van der Waals surface area (Å²) in [7, 11) is 0. The zero-order valence-electron chi connectivity index (χ0n) is 19.1. The fourth-order valence-electron chi connectivity index (χ4n) is 3.67. The molecule has 0 bridgehead atoms. The van der Waals surface area contributed by atoms with Crippen LogP contribution in [0, 0.1) is 0 Å². The van der Waals surface area contributed by atoms with Gasteiger partial charge in [0.25, 0.3) is 11.8 Å². The minimum absolute atomic E-state index is 0.0872. The molecule has 2 amide bonds. The van der Waals surface area contributed by atoms with Crippen LogP contribution >= 0.6 is 63.0 Å². The van der Waals surface area contributed by atoms with E-state index in [1.165, 1.54) is 6.08 Å². The highest BCUT2D eigenvalue weighted by Gasteiger charge is 2.35. The van der Waals surface area contributed by atoms with E-state index in [2.05, 4.69) is 27.8 Å². The Hall–Kier alpha value is -2.68. The van der Waals surface area contributed by atoms with Crippen molar-refractivity contribution in [2.45, 2.75) is 13.0 Å². The van der Waals surface area contributed by atoms with Gasteiger partial charge in [-0.15, -0.1) is 6.58 Å². The van der Waals surface area contributed by atoms with Crippen LogP contribution in [0.3, 0.4) is 0 Å². The fraction of sp³-hybridized carbons (Fsp3) is 0.0741. The van der Waals surface area contributed by atoms with Crippen molar-refractivity contribution in [3.05, 3.63) is 109 Å². The van der Waals surface area contributed by atoms with Crippen molar-refractivity contribution < 1.29 is 14.3 Å². The lowest BCUT2D eigenvalue weighted by Gasteiger charge is -2.29. The van der Waals surface area contributed by atoms with Crippen LogP contribution in [0.25, 0.3) is 6.08 Å². The molecule has 188 valence electrons. The molecule has 0 saturated carbocycles. The van der Waals surface area contributed by atoms with Crippen molar-refractivity contribution in [1.82, 2.24) is 5.32 Å². The van der Waals surface area contributed by atoms with Gasteiger partial charge in [-0.2, -0.15) is 0 Å². The number of halogens is 4. The van der Waals surface area contributed by atoms with Gasteiger partial charge in [-0.25, -0.2) is 0 Å². The summed E-state index contributed by atoms with van der Waals surface area (Å²) in [4.78, 5) is 27.3. The first-order chi connectivity index (χ1) is 17.7. The van der Waals surface area contributed by atoms with Crippen LogP contribution in [0.2, 0.25) is 15.1 Å². The number of thiocarbonyl (C=S) groups is 1. The highest BCUT2D eigenvalue weighted by atomic mass is 79.9. The second-order valence-electron chi connectivity index (χ2n) is 7.93. The largest absolute Gasteiger partial charge is 0.487 e. The van der Waals surface area contributed by atoms with Gasteiger partial charge in [-0.3, -0.25) is 19.8 Å². The Bertz CT molecular complexity index is 1460. The molecule has 1 aliphatic heterocycles. The van der Waals surface area contributed by atoms with Gasteiger partial charge < -0.3 is 4.74 Å². The second-order valence-corrected chi connectivity index (χ2v) is 10.4. The average molecular weight is 637 g/mol. The number of ether oxygens (including phenoxy) is 1. The van der Waals surface area contributed by atoms with Gasteiger partial charge in [0.2, 0.25) is 0 Å². The molecule has 10 heteroatoms. The molecule has 1 N–H and O–H groups in total. The predicted molar refractivity (Wildman–Crippen MR) is 156 cm³/mol. The van der Waals surface area contributed by atoms with Crippen LogP contribution in [0.4, 0.5) is 5.69 Å². The second kappa shape index (κ2) is 11.8. The standard InChI is InChI=1S/C27H18BrCl3N2O3S/c1-2-4-17-11-16(13-20(28)24(17)36-14-15-7-9-18(29)10-8-15)12-19-25(34)32-27(37)33(26(19)35)22-6-3-5-21(30)23(22)31/h2-3,5-13H,1,4,14H2,(H,32,34,37)/b19-12+. The molecule has 0 radical (unpaired) electrons. The molecule has 1 saturated heterocycles. The topological polar surface area (TPSA) is 58.6 Å². The van der Waals surface area contributed by atoms with Gasteiger partial charge in [-0.05, 0) is 93.7 Å². The molecule has 0 aliphatic carbocycles. The minimum Gasteiger partial charge on any atom is -0.487 e. The van der Waals surface area contributed by atoms with E-state index < -0.39 is 11.8 Å². The van der Waals surface area contributed by atoms with Crippen LogP contribution in [0.5, 0.6) is 5.75 Å². The molecule has 0 atom stereocenters. The number of carbonyl (C=O) groups excluding carboxylic acids is 2. The zero-order valence-corrected chi connectivity index (χ0v) is 23.7. The molecular weight excluding hydrogens is 619 g/mol. The van der Waals surface area contributed by atoms with Gasteiger partial charge in [-0.1, -0.05) is 59.1 Å². The fourth-order valence-corrected chi connectivity index (χ4v) is 5.08. The first kappa shape index (κ1) is 27.4. The van der Waals surface area contributed by atoms with E-state index in [4.69, 9.17) is 51.8 Å². The molecule has 37 heavy (non-hydrogen) atoms. The van der Waals surface area contributed by atoms with E-state index in [1.54, 1.807) is 42.5 Å². The van der Waals surface area contributed by atoms with Crippen molar-refractivity contribution in [2.24, 2.45) is 0 Å². The quantitative estimate of drug-likeness (QED) is 0.126. The van der Waals surface area contributed by atoms with Gasteiger partial charge >= 0.3 is 0 Å². The molecule has 0 spiro atoms. The average Bonchev–Trinajstić information content (AvgIpc) is 2.85. The third kappa shape index (κ3) is 6.08. The summed E-state index contributed by atoms with van der Waals surface area (Å²) in [6.45, 7) is 4.16. The molecule has 1 heterocycles. The maximum Gasteiger partial charge on any atom is 0.270 e. The highest BCUT2D eigenvalue weighted by Crippen LogP contribution is 2.36. The van der Waals surface area contributed by atoms with Crippen LogP contribution in [0.1, 0.15) is 16.7 Å². The van der Waals surface area contributed by atoms with E-state index in [1.807, 2.05) is 18.2 Å². The monoisotopic (exact) mass is 634 g/mol. The number of anilines is 1. The summed E-state index contributed by atoms with van der Waals surface area (Å²) < 4.78 is 6.74. The predicted octanol–water partition coefficient (Wildman–Crippen LogP) is 7.55. The number of nitrogens with zero attached hydrogens (tertiary/aromatic N) is 1. The number of benzene rings is 3.